The van der Waals surface area contributed by atoms with Crippen molar-refractivity contribution in [2.45, 2.75) is 13.0 Å². The number of urea groups is 1. The van der Waals surface area contributed by atoms with Crippen LogP contribution in [-0.2, 0) is 9.53 Å². The Morgan fingerprint density at radius 2 is 2.14 bits per heavy atom. The van der Waals surface area contributed by atoms with Gasteiger partial charge in [-0.2, -0.15) is 0 Å². The molecule has 0 spiro atoms. The fraction of sp³-hybridized carbons (Fsp3) is 0.286. The number of phenolic OH excluding ortho intramolecular Hbond substituents is 1. The molecule has 1 aromatic rings. The van der Waals surface area contributed by atoms with Gasteiger partial charge in [0.2, 0.25) is 0 Å². The van der Waals surface area contributed by atoms with Gasteiger partial charge in [0.25, 0.3) is 0 Å². The van der Waals surface area contributed by atoms with Gasteiger partial charge in [-0.25, -0.2) is 9.59 Å². The number of amides is 2. The highest BCUT2D eigenvalue weighted by atomic mass is 35.5. The normalized spacial score (nSPS) is 18.0. The SMILES string of the molecule is CCOC(=O)C1=C(CCl)NC(=O)N[C@@H]1c1ccccc1O. The van der Waals surface area contributed by atoms with E-state index in [1.807, 2.05) is 0 Å². The minimum absolute atomic E-state index is 0.0274. The highest BCUT2D eigenvalue weighted by Crippen LogP contribution is 2.33. The number of phenols is 1. The molecule has 0 fully saturated rings. The molecule has 0 aromatic heterocycles. The van der Waals surface area contributed by atoms with Crippen LogP contribution in [-0.4, -0.2) is 29.6 Å². The molecular weight excluding hydrogens is 296 g/mol. The highest BCUT2D eigenvalue weighted by molar-refractivity contribution is 6.20. The molecule has 1 aliphatic heterocycles. The molecule has 1 heterocycles. The van der Waals surface area contributed by atoms with E-state index in [0.717, 1.165) is 0 Å². The van der Waals surface area contributed by atoms with E-state index < -0.39 is 18.0 Å². The molecule has 7 heteroatoms. The number of esters is 1. The number of alkyl halides is 1. The molecule has 6 nitrogen and oxygen atoms in total. The molecule has 0 bridgehead atoms. The molecule has 0 aliphatic carbocycles. The van der Waals surface area contributed by atoms with E-state index >= 15 is 0 Å². The van der Waals surface area contributed by atoms with E-state index in [2.05, 4.69) is 10.6 Å². The van der Waals surface area contributed by atoms with Crippen LogP contribution in [0.4, 0.5) is 4.79 Å². The minimum Gasteiger partial charge on any atom is -0.508 e. The van der Waals surface area contributed by atoms with E-state index in [1.54, 1.807) is 25.1 Å². The molecule has 1 aliphatic rings. The van der Waals surface area contributed by atoms with Gasteiger partial charge in [0.05, 0.1) is 24.1 Å². The average Bonchev–Trinajstić information content (AvgIpc) is 2.46. The van der Waals surface area contributed by atoms with E-state index in [-0.39, 0.29) is 29.5 Å². The first-order chi connectivity index (χ1) is 10.1. The molecule has 0 unspecified atom stereocenters. The highest BCUT2D eigenvalue weighted by Gasteiger charge is 2.34. The molecule has 112 valence electrons. The maximum absolute atomic E-state index is 12.2. The largest absolute Gasteiger partial charge is 0.508 e. The van der Waals surface area contributed by atoms with Crippen LogP contribution in [0.25, 0.3) is 0 Å². The summed E-state index contributed by atoms with van der Waals surface area (Å²) in [6.45, 7) is 1.88. The van der Waals surface area contributed by atoms with Gasteiger partial charge in [-0.3, -0.25) is 0 Å². The second-order valence-corrected chi connectivity index (χ2v) is 4.60. The van der Waals surface area contributed by atoms with Crippen molar-refractivity contribution in [3.05, 3.63) is 41.1 Å². The molecule has 1 aromatic carbocycles. The van der Waals surface area contributed by atoms with Crippen LogP contribution in [0.15, 0.2) is 35.5 Å². The van der Waals surface area contributed by atoms with Gasteiger partial charge in [-0.15, -0.1) is 11.6 Å². The summed E-state index contributed by atoms with van der Waals surface area (Å²) in [5, 5.41) is 15.0. The number of allylic oxidation sites excluding steroid dienone is 1. The Labute approximate surface area is 126 Å². The monoisotopic (exact) mass is 310 g/mol. The van der Waals surface area contributed by atoms with Crippen molar-refractivity contribution >= 4 is 23.6 Å². The second kappa shape index (κ2) is 6.49. The third-order valence-electron chi connectivity index (χ3n) is 3.03. The number of aromatic hydroxyl groups is 1. The lowest BCUT2D eigenvalue weighted by Gasteiger charge is -2.29. The first-order valence-corrected chi connectivity index (χ1v) is 6.93. The molecule has 1 atom stereocenters. The number of halogens is 1. The van der Waals surface area contributed by atoms with Crippen LogP contribution in [0.5, 0.6) is 5.75 Å². The third kappa shape index (κ3) is 3.11. The first-order valence-electron chi connectivity index (χ1n) is 6.40. The number of para-hydroxylation sites is 1. The Kier molecular flexibility index (Phi) is 4.70. The Bertz CT molecular complexity index is 600. The molecule has 0 radical (unpaired) electrons. The topological polar surface area (TPSA) is 87.7 Å². The summed E-state index contributed by atoms with van der Waals surface area (Å²) in [6, 6.07) is 5.15. The van der Waals surface area contributed by atoms with Gasteiger partial charge in [0.1, 0.15) is 5.75 Å². The number of carbonyl (C=O) groups excluding carboxylic acids is 2. The van der Waals surface area contributed by atoms with Crippen molar-refractivity contribution in [1.82, 2.24) is 10.6 Å². The van der Waals surface area contributed by atoms with Crippen molar-refractivity contribution in [2.24, 2.45) is 0 Å². The van der Waals surface area contributed by atoms with Gasteiger partial charge in [0.15, 0.2) is 0 Å². The van der Waals surface area contributed by atoms with Crippen molar-refractivity contribution in [3.8, 4) is 5.75 Å². The van der Waals surface area contributed by atoms with Crippen molar-refractivity contribution in [3.63, 3.8) is 0 Å². The van der Waals surface area contributed by atoms with E-state index in [1.165, 1.54) is 6.07 Å². The number of nitrogens with one attached hydrogen (secondary N) is 2. The van der Waals surface area contributed by atoms with Crippen molar-refractivity contribution in [2.75, 3.05) is 12.5 Å². The molecular formula is C14H15ClN2O4. The average molecular weight is 311 g/mol. The molecule has 0 saturated carbocycles. The van der Waals surface area contributed by atoms with Gasteiger partial charge >= 0.3 is 12.0 Å². The molecule has 0 saturated heterocycles. The molecule has 3 N–H and O–H groups in total. The quantitative estimate of drug-likeness (QED) is 0.584. The Hall–Kier alpha value is -2.21. The summed E-state index contributed by atoms with van der Waals surface area (Å²) in [7, 11) is 0. The van der Waals surface area contributed by atoms with Gasteiger partial charge in [0, 0.05) is 11.3 Å². The predicted molar refractivity (Wildman–Crippen MR) is 76.9 cm³/mol. The number of hydrogen-bond donors (Lipinski definition) is 3. The van der Waals surface area contributed by atoms with Gasteiger partial charge in [-0.05, 0) is 13.0 Å². The number of hydrogen-bond acceptors (Lipinski definition) is 4. The van der Waals surface area contributed by atoms with Crippen LogP contribution < -0.4 is 10.6 Å². The summed E-state index contributed by atoms with van der Waals surface area (Å²) in [5.74, 6) is -0.666. The van der Waals surface area contributed by atoms with Crippen LogP contribution in [0.1, 0.15) is 18.5 Å². The fourth-order valence-electron chi connectivity index (χ4n) is 2.14. The van der Waals surface area contributed by atoms with Crippen LogP contribution in [0.3, 0.4) is 0 Å². The van der Waals surface area contributed by atoms with Crippen LogP contribution in [0.2, 0.25) is 0 Å². The lowest BCUT2D eigenvalue weighted by Crippen LogP contribution is -2.46. The Morgan fingerprint density at radius 1 is 1.43 bits per heavy atom. The van der Waals surface area contributed by atoms with E-state index in [9.17, 15) is 14.7 Å². The van der Waals surface area contributed by atoms with Crippen LogP contribution in [0, 0.1) is 0 Å². The van der Waals surface area contributed by atoms with Crippen molar-refractivity contribution in [1.29, 1.82) is 0 Å². The van der Waals surface area contributed by atoms with E-state index in [0.29, 0.717) is 5.56 Å². The number of carbonyl (C=O) groups is 2. The maximum atomic E-state index is 12.2. The molecule has 21 heavy (non-hydrogen) atoms. The zero-order valence-electron chi connectivity index (χ0n) is 11.4. The standard InChI is InChI=1S/C14H15ClN2O4/c1-2-21-13(19)11-9(7-15)16-14(20)17-12(11)8-5-3-4-6-10(8)18/h3-6,12,18H,2,7H2,1H3,(H2,16,17,20)/t12-/m1/s1. The summed E-state index contributed by atoms with van der Waals surface area (Å²) >= 11 is 5.81. The molecule has 2 amide bonds. The third-order valence-corrected chi connectivity index (χ3v) is 3.30. The van der Waals surface area contributed by atoms with E-state index in [4.69, 9.17) is 16.3 Å². The number of rotatable bonds is 4. The molecule has 2 rings (SSSR count). The Balaban J connectivity index is 2.52. The zero-order valence-corrected chi connectivity index (χ0v) is 12.1. The van der Waals surface area contributed by atoms with Gasteiger partial charge in [-0.1, -0.05) is 18.2 Å². The summed E-state index contributed by atoms with van der Waals surface area (Å²) < 4.78 is 5.01. The smallest absolute Gasteiger partial charge is 0.338 e. The van der Waals surface area contributed by atoms with Crippen LogP contribution >= 0.6 is 11.6 Å². The maximum Gasteiger partial charge on any atom is 0.338 e. The Morgan fingerprint density at radius 3 is 2.76 bits per heavy atom. The minimum atomic E-state index is -0.812. The first kappa shape index (κ1) is 15.2. The van der Waals surface area contributed by atoms with Gasteiger partial charge < -0.3 is 20.5 Å². The number of benzene rings is 1. The zero-order chi connectivity index (χ0) is 15.4. The number of ether oxygens (including phenoxy) is 1. The fourth-order valence-corrected chi connectivity index (χ4v) is 2.35. The lowest BCUT2D eigenvalue weighted by atomic mass is 9.95. The lowest BCUT2D eigenvalue weighted by molar-refractivity contribution is -0.139. The second-order valence-electron chi connectivity index (χ2n) is 4.34. The summed E-state index contributed by atoms with van der Waals surface area (Å²) in [5.41, 5.74) is 0.859. The van der Waals surface area contributed by atoms with Crippen molar-refractivity contribution < 1.29 is 19.4 Å². The summed E-state index contributed by atoms with van der Waals surface area (Å²) in [4.78, 5) is 23.9. The predicted octanol–water partition coefficient (Wildman–Crippen LogP) is 1.80. The summed E-state index contributed by atoms with van der Waals surface area (Å²) in [6.07, 6.45) is 0.